The first-order valence-electron chi connectivity index (χ1n) is 11.0. The maximum atomic E-state index is 12.5. The molecule has 1 N–H and O–H groups in total. The second-order valence-corrected chi connectivity index (χ2v) is 7.94. The van der Waals surface area contributed by atoms with Crippen LogP contribution in [0, 0.1) is 11.8 Å². The second kappa shape index (κ2) is 9.96. The number of rotatable bonds is 9. The van der Waals surface area contributed by atoms with Gasteiger partial charge in [0.15, 0.2) is 11.5 Å². The maximum Gasteiger partial charge on any atom is 0.233 e. The number of hydrogen-bond acceptors (Lipinski definition) is 5. The van der Waals surface area contributed by atoms with E-state index in [1.54, 1.807) is 0 Å². The fourth-order valence-electron chi connectivity index (χ4n) is 4.40. The van der Waals surface area contributed by atoms with E-state index in [0.717, 1.165) is 31.2 Å². The molecule has 7 nitrogen and oxygen atoms in total. The Bertz CT molecular complexity index is 770. The van der Waals surface area contributed by atoms with Crippen LogP contribution in [0.3, 0.4) is 0 Å². The zero-order valence-electron chi connectivity index (χ0n) is 18.1. The minimum atomic E-state index is -0.236. The molecule has 0 aromatic heterocycles. The van der Waals surface area contributed by atoms with Crippen molar-refractivity contribution in [2.75, 3.05) is 19.8 Å². The van der Waals surface area contributed by atoms with Crippen LogP contribution in [0.25, 0.3) is 0 Å². The number of nitrogens with one attached hydrogen (secondary N) is 1. The summed E-state index contributed by atoms with van der Waals surface area (Å²) in [5.74, 6) is 0.591. The smallest absolute Gasteiger partial charge is 0.233 e. The molecule has 1 aromatic rings. The number of likely N-dealkylation sites (tertiary alicyclic amines) is 1. The Labute approximate surface area is 178 Å². The molecule has 1 aliphatic heterocycles. The Morgan fingerprint density at radius 1 is 1.07 bits per heavy atom. The highest BCUT2D eigenvalue weighted by Crippen LogP contribution is 2.38. The van der Waals surface area contributed by atoms with E-state index in [9.17, 15) is 14.4 Å². The van der Waals surface area contributed by atoms with Crippen LogP contribution in [0.2, 0.25) is 0 Å². The van der Waals surface area contributed by atoms with Gasteiger partial charge in [0.25, 0.3) is 0 Å². The van der Waals surface area contributed by atoms with Crippen LogP contribution in [0.15, 0.2) is 18.2 Å². The third kappa shape index (κ3) is 4.77. The number of carbonyl (C=O) groups excluding carboxylic acids is 3. The molecule has 0 bridgehead atoms. The standard InChI is InChI=1S/C23H32N2O5/c1-4-29-19-11-10-16(14-20(19)30-5-2)15(3)24-21(26)12-13-25-22(27)17-8-6-7-9-18(17)23(25)28/h10-11,14-15,17-18H,4-9,12-13H2,1-3H3,(H,24,26)/t15-,17+,18+/m1/s1. The normalized spacial score (nSPS) is 21.9. The molecule has 1 aliphatic carbocycles. The Morgan fingerprint density at radius 2 is 1.67 bits per heavy atom. The van der Waals surface area contributed by atoms with Crippen molar-refractivity contribution in [3.05, 3.63) is 23.8 Å². The monoisotopic (exact) mass is 416 g/mol. The summed E-state index contributed by atoms with van der Waals surface area (Å²) in [6.45, 7) is 6.92. The average molecular weight is 417 g/mol. The van der Waals surface area contributed by atoms with E-state index >= 15 is 0 Å². The lowest BCUT2D eigenvalue weighted by molar-refractivity contribution is -0.140. The minimum absolute atomic E-state index is 0.0987. The number of carbonyl (C=O) groups is 3. The highest BCUT2D eigenvalue weighted by Gasteiger charge is 2.47. The number of amides is 3. The van der Waals surface area contributed by atoms with Crippen molar-refractivity contribution >= 4 is 17.7 Å². The maximum absolute atomic E-state index is 12.5. The van der Waals surface area contributed by atoms with Crippen molar-refractivity contribution in [2.45, 2.75) is 58.9 Å². The zero-order chi connectivity index (χ0) is 21.7. The van der Waals surface area contributed by atoms with E-state index in [4.69, 9.17) is 9.47 Å². The molecule has 1 aromatic carbocycles. The summed E-state index contributed by atoms with van der Waals surface area (Å²) >= 11 is 0. The first-order chi connectivity index (χ1) is 14.5. The van der Waals surface area contributed by atoms with Gasteiger partial charge in [0.1, 0.15) is 0 Å². The van der Waals surface area contributed by atoms with Crippen molar-refractivity contribution < 1.29 is 23.9 Å². The lowest BCUT2D eigenvalue weighted by Crippen LogP contribution is -2.36. The Kier molecular flexibility index (Phi) is 7.34. The van der Waals surface area contributed by atoms with Crippen LogP contribution in [0.5, 0.6) is 11.5 Å². The Hall–Kier alpha value is -2.57. The van der Waals surface area contributed by atoms with Gasteiger partial charge in [0.2, 0.25) is 17.7 Å². The first-order valence-corrected chi connectivity index (χ1v) is 11.0. The van der Waals surface area contributed by atoms with Crippen LogP contribution in [0.4, 0.5) is 0 Å². The molecule has 0 radical (unpaired) electrons. The van der Waals surface area contributed by atoms with Gasteiger partial charge in [-0.3, -0.25) is 19.3 Å². The van der Waals surface area contributed by atoms with Crippen LogP contribution < -0.4 is 14.8 Å². The Morgan fingerprint density at radius 3 is 2.27 bits per heavy atom. The Balaban J connectivity index is 1.56. The molecule has 164 valence electrons. The van der Waals surface area contributed by atoms with E-state index in [1.807, 2.05) is 39.0 Å². The molecule has 2 aliphatic rings. The highest BCUT2D eigenvalue weighted by molar-refractivity contribution is 6.05. The van der Waals surface area contributed by atoms with Crippen molar-refractivity contribution in [1.82, 2.24) is 10.2 Å². The zero-order valence-corrected chi connectivity index (χ0v) is 18.1. The quantitative estimate of drug-likeness (QED) is 0.625. The number of nitrogens with zero attached hydrogens (tertiary/aromatic N) is 1. The van der Waals surface area contributed by atoms with E-state index in [-0.39, 0.29) is 48.6 Å². The summed E-state index contributed by atoms with van der Waals surface area (Å²) in [7, 11) is 0. The summed E-state index contributed by atoms with van der Waals surface area (Å²) < 4.78 is 11.2. The number of benzene rings is 1. The van der Waals surface area contributed by atoms with Crippen molar-refractivity contribution in [2.24, 2.45) is 11.8 Å². The molecule has 3 amide bonds. The minimum Gasteiger partial charge on any atom is -0.490 e. The van der Waals surface area contributed by atoms with Gasteiger partial charge in [0.05, 0.1) is 31.1 Å². The molecule has 3 rings (SSSR count). The van der Waals surface area contributed by atoms with E-state index < -0.39 is 0 Å². The molecule has 0 unspecified atom stereocenters. The molecule has 2 fully saturated rings. The van der Waals surface area contributed by atoms with Crippen molar-refractivity contribution in [3.8, 4) is 11.5 Å². The van der Waals surface area contributed by atoms with Gasteiger partial charge in [-0.1, -0.05) is 18.9 Å². The van der Waals surface area contributed by atoms with E-state index in [1.165, 1.54) is 4.90 Å². The number of ether oxygens (including phenoxy) is 2. The lowest BCUT2D eigenvalue weighted by Gasteiger charge is -2.19. The van der Waals surface area contributed by atoms with Gasteiger partial charge in [-0.2, -0.15) is 0 Å². The lowest BCUT2D eigenvalue weighted by atomic mass is 9.81. The fourth-order valence-corrected chi connectivity index (χ4v) is 4.40. The van der Waals surface area contributed by atoms with Gasteiger partial charge in [-0.05, 0) is 51.3 Å². The molecule has 1 saturated heterocycles. The fraction of sp³-hybridized carbons (Fsp3) is 0.609. The second-order valence-electron chi connectivity index (χ2n) is 7.94. The van der Waals surface area contributed by atoms with Crippen LogP contribution in [-0.4, -0.2) is 42.4 Å². The number of hydrogen-bond donors (Lipinski definition) is 1. The topological polar surface area (TPSA) is 84.9 Å². The van der Waals surface area contributed by atoms with Crippen LogP contribution in [-0.2, 0) is 14.4 Å². The van der Waals surface area contributed by atoms with Gasteiger partial charge in [-0.15, -0.1) is 0 Å². The summed E-state index contributed by atoms with van der Waals surface area (Å²) in [6.07, 6.45) is 3.68. The van der Waals surface area contributed by atoms with Gasteiger partial charge >= 0.3 is 0 Å². The molecular formula is C23H32N2O5. The highest BCUT2D eigenvalue weighted by atomic mass is 16.5. The molecule has 30 heavy (non-hydrogen) atoms. The molecule has 0 spiro atoms. The van der Waals surface area contributed by atoms with Gasteiger partial charge in [0, 0.05) is 13.0 Å². The predicted octanol–water partition coefficient (Wildman–Crippen LogP) is 3.23. The van der Waals surface area contributed by atoms with Crippen LogP contribution in [0.1, 0.15) is 64.5 Å². The van der Waals surface area contributed by atoms with E-state index in [2.05, 4.69) is 5.32 Å². The number of fused-ring (bicyclic) bond motifs is 1. The van der Waals surface area contributed by atoms with Gasteiger partial charge in [-0.25, -0.2) is 0 Å². The SMILES string of the molecule is CCOc1ccc([C@@H](C)NC(=O)CCN2C(=O)[C@H]3CCCC[C@@H]3C2=O)cc1OCC. The number of imide groups is 1. The van der Waals surface area contributed by atoms with Crippen molar-refractivity contribution in [1.29, 1.82) is 0 Å². The molecule has 3 atom stereocenters. The average Bonchev–Trinajstić information content (AvgIpc) is 2.98. The predicted molar refractivity (Wildman–Crippen MR) is 112 cm³/mol. The van der Waals surface area contributed by atoms with E-state index in [0.29, 0.717) is 24.7 Å². The first kappa shape index (κ1) is 22.1. The largest absolute Gasteiger partial charge is 0.490 e. The molecule has 1 saturated carbocycles. The molecule has 1 heterocycles. The summed E-state index contributed by atoms with van der Waals surface area (Å²) in [4.78, 5) is 38.9. The summed E-state index contributed by atoms with van der Waals surface area (Å²) in [5.41, 5.74) is 0.898. The molecular weight excluding hydrogens is 384 g/mol. The summed E-state index contributed by atoms with van der Waals surface area (Å²) in [6, 6.07) is 5.38. The van der Waals surface area contributed by atoms with Gasteiger partial charge < -0.3 is 14.8 Å². The third-order valence-electron chi connectivity index (χ3n) is 5.94. The third-order valence-corrected chi connectivity index (χ3v) is 5.94. The van der Waals surface area contributed by atoms with Crippen LogP contribution >= 0.6 is 0 Å². The molecule has 7 heteroatoms. The van der Waals surface area contributed by atoms with Crippen molar-refractivity contribution in [3.63, 3.8) is 0 Å². The summed E-state index contributed by atoms with van der Waals surface area (Å²) in [5, 5.41) is 2.95.